The number of hydrogen-bond donors (Lipinski definition) is 1. The van der Waals surface area contributed by atoms with Crippen molar-refractivity contribution in [2.45, 2.75) is 25.7 Å². The van der Waals surface area contributed by atoms with E-state index in [-0.39, 0.29) is 35.5 Å². The number of nitro groups is 1. The molecule has 1 aliphatic carbocycles. The van der Waals surface area contributed by atoms with Crippen LogP contribution < -0.4 is 0 Å². The summed E-state index contributed by atoms with van der Waals surface area (Å²) in [5, 5.41) is 20.5. The number of amides is 1. The fourth-order valence-corrected chi connectivity index (χ4v) is 4.14. The normalized spacial score (nSPS) is 25.5. The first-order valence-corrected chi connectivity index (χ1v) is 8.15. The van der Waals surface area contributed by atoms with Gasteiger partial charge in [0.05, 0.1) is 21.8 Å². The average Bonchev–Trinajstić information content (AvgIpc) is 3.07. The van der Waals surface area contributed by atoms with Crippen LogP contribution in [0.4, 0.5) is 5.69 Å². The van der Waals surface area contributed by atoms with Gasteiger partial charge in [-0.2, -0.15) is 0 Å². The number of benzene rings is 1. The Balaban J connectivity index is 1.73. The molecular weight excluding hydrogens is 336 g/mol. The molecule has 1 saturated heterocycles. The number of nitro benzene ring substituents is 1. The zero-order valence-corrected chi connectivity index (χ0v) is 13.7. The molecule has 0 unspecified atom stereocenters. The second-order valence-corrected chi connectivity index (χ2v) is 6.94. The highest BCUT2D eigenvalue weighted by atomic mass is 35.5. The predicted molar refractivity (Wildman–Crippen MR) is 85.8 cm³/mol. The van der Waals surface area contributed by atoms with E-state index in [9.17, 15) is 24.8 Å². The Kier molecular flexibility index (Phi) is 4.21. The molecule has 0 bridgehead atoms. The second kappa shape index (κ2) is 6.05. The number of aliphatic carboxylic acids is 1. The number of likely N-dealkylation sites (tertiary alicyclic amines) is 1. The van der Waals surface area contributed by atoms with E-state index in [1.165, 1.54) is 18.2 Å². The molecule has 1 aliphatic heterocycles. The number of fused-ring (bicyclic) bond motifs is 1. The summed E-state index contributed by atoms with van der Waals surface area (Å²) in [5.74, 6) is -1.01. The van der Waals surface area contributed by atoms with E-state index >= 15 is 0 Å². The van der Waals surface area contributed by atoms with Gasteiger partial charge in [-0.1, -0.05) is 24.1 Å². The third-order valence-electron chi connectivity index (χ3n) is 5.24. The van der Waals surface area contributed by atoms with Crippen molar-refractivity contribution in [2.75, 3.05) is 13.1 Å². The molecule has 1 heterocycles. The molecular formula is C16H17ClN2O5. The van der Waals surface area contributed by atoms with Crippen molar-refractivity contribution >= 4 is 29.2 Å². The van der Waals surface area contributed by atoms with Crippen molar-refractivity contribution in [1.29, 1.82) is 0 Å². The Hall–Kier alpha value is -2.15. The number of nitrogens with zero attached hydrogens (tertiary/aromatic N) is 2. The number of carbonyl (C=O) groups excluding carboxylic acids is 1. The Labute approximate surface area is 143 Å². The smallest absolute Gasteiger partial charge is 0.311 e. The van der Waals surface area contributed by atoms with E-state index in [2.05, 4.69) is 0 Å². The lowest BCUT2D eigenvalue weighted by atomic mass is 9.81. The fourth-order valence-electron chi connectivity index (χ4n) is 3.90. The summed E-state index contributed by atoms with van der Waals surface area (Å²) in [7, 11) is 0. The standard InChI is InChI=1S/C16H17ClN2O5/c17-13-7-12(19(23)24)4-3-10(13)6-14(20)18-8-11-2-1-5-16(11,9-18)15(21)22/h3-4,7,11H,1-2,5-6,8-9H2,(H,21,22)/t11-,16+/m0/s1. The lowest BCUT2D eigenvalue weighted by Crippen LogP contribution is -2.37. The molecule has 128 valence electrons. The summed E-state index contributed by atoms with van der Waals surface area (Å²) in [6.45, 7) is 0.687. The first-order chi connectivity index (χ1) is 11.3. The first-order valence-electron chi connectivity index (χ1n) is 7.77. The summed E-state index contributed by atoms with van der Waals surface area (Å²) in [6.07, 6.45) is 2.33. The third kappa shape index (κ3) is 2.73. The van der Waals surface area contributed by atoms with Crippen LogP contribution in [0.1, 0.15) is 24.8 Å². The highest BCUT2D eigenvalue weighted by Crippen LogP contribution is 2.49. The largest absolute Gasteiger partial charge is 0.481 e. The minimum absolute atomic E-state index is 0.00582. The average molecular weight is 353 g/mol. The molecule has 0 aromatic heterocycles. The zero-order valence-electron chi connectivity index (χ0n) is 12.9. The summed E-state index contributed by atoms with van der Waals surface area (Å²) in [5.41, 5.74) is -0.431. The highest BCUT2D eigenvalue weighted by Gasteiger charge is 2.55. The number of halogens is 1. The number of non-ortho nitro benzene ring substituents is 1. The highest BCUT2D eigenvalue weighted by molar-refractivity contribution is 6.31. The van der Waals surface area contributed by atoms with E-state index in [4.69, 9.17) is 11.6 Å². The molecule has 24 heavy (non-hydrogen) atoms. The van der Waals surface area contributed by atoms with Gasteiger partial charge in [-0.25, -0.2) is 0 Å². The van der Waals surface area contributed by atoms with Crippen molar-refractivity contribution in [2.24, 2.45) is 11.3 Å². The molecule has 8 heteroatoms. The van der Waals surface area contributed by atoms with Gasteiger partial charge < -0.3 is 10.0 Å². The van der Waals surface area contributed by atoms with Gasteiger partial charge in [-0.05, 0) is 24.3 Å². The Morgan fingerprint density at radius 2 is 2.21 bits per heavy atom. The van der Waals surface area contributed by atoms with Crippen LogP contribution >= 0.6 is 11.6 Å². The van der Waals surface area contributed by atoms with Gasteiger partial charge in [-0.15, -0.1) is 0 Å². The Bertz CT molecular complexity index is 722. The SMILES string of the molecule is O=C(Cc1ccc([N+](=O)[O-])cc1Cl)N1C[C@@H]2CCC[C@@]2(C(=O)O)C1. The summed E-state index contributed by atoms with van der Waals surface area (Å²) in [4.78, 5) is 36.0. The summed E-state index contributed by atoms with van der Waals surface area (Å²) in [6, 6.07) is 4.01. The number of rotatable bonds is 4. The molecule has 0 spiro atoms. The van der Waals surface area contributed by atoms with Gasteiger partial charge in [-0.3, -0.25) is 19.7 Å². The van der Waals surface area contributed by atoms with Crippen molar-refractivity contribution in [3.8, 4) is 0 Å². The van der Waals surface area contributed by atoms with Gasteiger partial charge in [0.2, 0.25) is 5.91 Å². The number of hydrogen-bond acceptors (Lipinski definition) is 4. The minimum Gasteiger partial charge on any atom is -0.481 e. The van der Waals surface area contributed by atoms with Crippen molar-refractivity contribution in [3.05, 3.63) is 38.9 Å². The first kappa shape index (κ1) is 16.7. The lowest BCUT2D eigenvalue weighted by Gasteiger charge is -2.23. The van der Waals surface area contributed by atoms with Crippen LogP contribution in [0.5, 0.6) is 0 Å². The van der Waals surface area contributed by atoms with Gasteiger partial charge in [0, 0.05) is 25.2 Å². The third-order valence-corrected chi connectivity index (χ3v) is 5.59. The minimum atomic E-state index is -0.825. The van der Waals surface area contributed by atoms with Crippen LogP contribution in [0, 0.1) is 21.4 Å². The van der Waals surface area contributed by atoms with Crippen molar-refractivity contribution in [1.82, 2.24) is 4.90 Å². The molecule has 1 saturated carbocycles. The quantitative estimate of drug-likeness (QED) is 0.662. The fraction of sp³-hybridized carbons (Fsp3) is 0.500. The monoisotopic (exact) mass is 352 g/mol. The van der Waals surface area contributed by atoms with E-state index < -0.39 is 16.3 Å². The maximum Gasteiger partial charge on any atom is 0.311 e. The zero-order chi connectivity index (χ0) is 17.5. The Morgan fingerprint density at radius 1 is 1.46 bits per heavy atom. The van der Waals surface area contributed by atoms with Gasteiger partial charge in [0.25, 0.3) is 5.69 Å². The molecule has 3 rings (SSSR count). The maximum atomic E-state index is 12.5. The van der Waals surface area contributed by atoms with E-state index in [0.717, 1.165) is 12.8 Å². The van der Waals surface area contributed by atoms with E-state index in [1.807, 2.05) is 0 Å². The van der Waals surface area contributed by atoms with Crippen LogP contribution in [-0.4, -0.2) is 39.9 Å². The van der Waals surface area contributed by atoms with Gasteiger partial charge in [0.15, 0.2) is 0 Å². The van der Waals surface area contributed by atoms with Crippen LogP contribution in [-0.2, 0) is 16.0 Å². The van der Waals surface area contributed by atoms with Crippen LogP contribution in [0.2, 0.25) is 5.02 Å². The second-order valence-electron chi connectivity index (χ2n) is 6.53. The number of carbonyl (C=O) groups is 2. The van der Waals surface area contributed by atoms with Crippen LogP contribution in [0.3, 0.4) is 0 Å². The van der Waals surface area contributed by atoms with Crippen LogP contribution in [0.15, 0.2) is 18.2 Å². The van der Waals surface area contributed by atoms with Gasteiger partial charge in [0.1, 0.15) is 0 Å². The van der Waals surface area contributed by atoms with E-state index in [0.29, 0.717) is 18.5 Å². The van der Waals surface area contributed by atoms with Crippen molar-refractivity contribution in [3.63, 3.8) is 0 Å². The number of carboxylic acid groups (broad SMARTS) is 1. The molecule has 2 atom stereocenters. The molecule has 1 aromatic rings. The van der Waals surface area contributed by atoms with Crippen LogP contribution in [0.25, 0.3) is 0 Å². The molecule has 1 amide bonds. The molecule has 2 fully saturated rings. The molecule has 7 nitrogen and oxygen atoms in total. The summed E-state index contributed by atoms with van der Waals surface area (Å²) < 4.78 is 0. The Morgan fingerprint density at radius 3 is 2.79 bits per heavy atom. The predicted octanol–water partition coefficient (Wildman–Crippen LogP) is 2.50. The van der Waals surface area contributed by atoms with Crippen molar-refractivity contribution < 1.29 is 19.6 Å². The number of carboxylic acids is 1. The lowest BCUT2D eigenvalue weighted by molar-refractivity contribution is -0.384. The van der Waals surface area contributed by atoms with Gasteiger partial charge >= 0.3 is 5.97 Å². The molecule has 1 aromatic carbocycles. The molecule has 0 radical (unpaired) electrons. The van der Waals surface area contributed by atoms with E-state index in [1.54, 1.807) is 4.90 Å². The topological polar surface area (TPSA) is 101 Å². The molecule has 1 N–H and O–H groups in total. The molecule has 2 aliphatic rings. The maximum absolute atomic E-state index is 12.5. The summed E-state index contributed by atoms with van der Waals surface area (Å²) >= 11 is 6.03.